The zero-order valence-corrected chi connectivity index (χ0v) is 12.4. The molecule has 20 heavy (non-hydrogen) atoms. The van der Waals surface area contributed by atoms with Gasteiger partial charge in [-0.15, -0.1) is 0 Å². The Bertz CT molecular complexity index is 662. The van der Waals surface area contributed by atoms with Crippen molar-refractivity contribution in [3.05, 3.63) is 29.3 Å². The highest BCUT2D eigenvalue weighted by Crippen LogP contribution is 2.48. The Labute approximate surface area is 120 Å². The van der Waals surface area contributed by atoms with E-state index in [0.717, 1.165) is 5.92 Å². The number of anilines is 1. The molecule has 1 atom stereocenters. The van der Waals surface area contributed by atoms with Crippen LogP contribution in [0, 0.1) is 0 Å². The van der Waals surface area contributed by atoms with Crippen molar-refractivity contribution >= 4 is 16.7 Å². The molecule has 0 radical (unpaired) electrons. The van der Waals surface area contributed by atoms with E-state index in [-0.39, 0.29) is 0 Å². The van der Waals surface area contributed by atoms with Crippen molar-refractivity contribution in [3.63, 3.8) is 0 Å². The molecular formula is C17H23N3. The van der Waals surface area contributed by atoms with Crippen LogP contribution in [0.25, 0.3) is 10.9 Å². The highest BCUT2D eigenvalue weighted by molar-refractivity contribution is 5.94. The highest BCUT2D eigenvalue weighted by atomic mass is 15.3. The minimum absolute atomic E-state index is 0.418. The van der Waals surface area contributed by atoms with E-state index in [1.165, 1.54) is 48.2 Å². The van der Waals surface area contributed by atoms with Gasteiger partial charge in [-0.2, -0.15) is 0 Å². The minimum atomic E-state index is 0.418. The summed E-state index contributed by atoms with van der Waals surface area (Å²) in [4.78, 5) is 2.58. The maximum atomic E-state index is 5.91. The molecule has 3 heteroatoms. The molecule has 106 valence electrons. The third-order valence-corrected chi connectivity index (χ3v) is 5.34. The normalized spacial score (nSPS) is 19.6. The molecule has 1 unspecified atom stereocenters. The van der Waals surface area contributed by atoms with Crippen LogP contribution in [0.3, 0.4) is 0 Å². The van der Waals surface area contributed by atoms with Crippen molar-refractivity contribution in [3.8, 4) is 0 Å². The van der Waals surface area contributed by atoms with Gasteiger partial charge in [-0.25, -0.2) is 0 Å². The van der Waals surface area contributed by atoms with Gasteiger partial charge in [0.25, 0.3) is 0 Å². The second-order valence-electron chi connectivity index (χ2n) is 6.44. The van der Waals surface area contributed by atoms with Crippen LogP contribution in [-0.4, -0.2) is 24.2 Å². The van der Waals surface area contributed by atoms with Gasteiger partial charge in [0.15, 0.2) is 0 Å². The first-order valence-electron chi connectivity index (χ1n) is 7.78. The Kier molecular flexibility index (Phi) is 2.61. The number of piperidine rings is 1. The number of nitrogens with two attached hydrogens (primary N) is 1. The summed E-state index contributed by atoms with van der Waals surface area (Å²) in [5.41, 5.74) is 10.3. The summed E-state index contributed by atoms with van der Waals surface area (Å²) in [6, 6.07) is 6.77. The van der Waals surface area contributed by atoms with E-state index in [2.05, 4.69) is 41.6 Å². The standard InChI is InChI=1S/C17H23N3/c1-11(10-18)13-4-3-5-14-15-12-6-8-20(9-7-12)17(15)19(2)16(13)14/h3-5,11-12H,6-10,18H2,1-2H3. The largest absolute Gasteiger partial charge is 0.358 e. The van der Waals surface area contributed by atoms with E-state index >= 15 is 0 Å². The SMILES string of the molecule is CC(CN)c1cccc2c3c(n(C)c12)N1CCC3CC1. The lowest BCUT2D eigenvalue weighted by atomic mass is 9.84. The summed E-state index contributed by atoms with van der Waals surface area (Å²) in [5, 5.41) is 1.47. The van der Waals surface area contributed by atoms with Crippen LogP contribution < -0.4 is 10.6 Å². The van der Waals surface area contributed by atoms with E-state index in [1.807, 2.05) is 0 Å². The maximum Gasteiger partial charge on any atom is 0.112 e. The molecule has 2 bridgehead atoms. The molecular weight excluding hydrogens is 246 g/mol. The van der Waals surface area contributed by atoms with E-state index in [4.69, 9.17) is 5.73 Å². The van der Waals surface area contributed by atoms with Crippen molar-refractivity contribution in [2.75, 3.05) is 24.5 Å². The topological polar surface area (TPSA) is 34.2 Å². The summed E-state index contributed by atoms with van der Waals surface area (Å²) < 4.78 is 2.43. The highest BCUT2D eigenvalue weighted by Gasteiger charge is 2.35. The zero-order valence-electron chi connectivity index (χ0n) is 12.4. The van der Waals surface area contributed by atoms with Gasteiger partial charge >= 0.3 is 0 Å². The predicted molar refractivity (Wildman–Crippen MR) is 84.6 cm³/mol. The Morgan fingerprint density at radius 2 is 2.05 bits per heavy atom. The molecule has 0 amide bonds. The van der Waals surface area contributed by atoms with Crippen LogP contribution in [0.4, 0.5) is 5.82 Å². The number of hydrogen-bond acceptors (Lipinski definition) is 2. The lowest BCUT2D eigenvalue weighted by Crippen LogP contribution is -2.39. The molecule has 2 aromatic rings. The Hall–Kier alpha value is -1.48. The van der Waals surface area contributed by atoms with Crippen LogP contribution in [0.1, 0.15) is 42.7 Å². The first kappa shape index (κ1) is 12.3. The number of para-hydroxylation sites is 1. The molecule has 0 saturated carbocycles. The van der Waals surface area contributed by atoms with Crippen LogP contribution in [0.15, 0.2) is 18.2 Å². The van der Waals surface area contributed by atoms with Gasteiger partial charge in [-0.3, -0.25) is 0 Å². The first-order valence-corrected chi connectivity index (χ1v) is 7.78. The lowest BCUT2D eigenvalue weighted by molar-refractivity contribution is 0.469. The molecule has 1 saturated heterocycles. The van der Waals surface area contributed by atoms with E-state index in [9.17, 15) is 0 Å². The molecule has 5 rings (SSSR count). The number of aromatic nitrogens is 1. The van der Waals surface area contributed by atoms with Crippen LogP contribution >= 0.6 is 0 Å². The average molecular weight is 269 g/mol. The Morgan fingerprint density at radius 3 is 2.75 bits per heavy atom. The molecule has 2 N–H and O–H groups in total. The fourth-order valence-electron chi connectivity index (χ4n) is 4.25. The number of aryl methyl sites for hydroxylation is 1. The number of hydrogen-bond donors (Lipinski definition) is 1. The van der Waals surface area contributed by atoms with Gasteiger partial charge in [-0.1, -0.05) is 25.1 Å². The summed E-state index contributed by atoms with van der Waals surface area (Å²) in [6.45, 7) is 5.39. The molecule has 0 aliphatic carbocycles. The first-order chi connectivity index (χ1) is 9.72. The average Bonchev–Trinajstić information content (AvgIpc) is 2.84. The molecule has 3 aliphatic rings. The number of fused-ring (bicyclic) bond motifs is 3. The molecule has 3 nitrogen and oxygen atoms in total. The molecule has 1 fully saturated rings. The second kappa shape index (κ2) is 4.26. The van der Waals surface area contributed by atoms with Gasteiger partial charge in [0.05, 0.1) is 5.52 Å². The third kappa shape index (κ3) is 1.44. The fraction of sp³-hybridized carbons (Fsp3) is 0.529. The molecule has 3 aliphatic heterocycles. The van der Waals surface area contributed by atoms with Gasteiger partial charge in [0, 0.05) is 31.1 Å². The van der Waals surface area contributed by atoms with E-state index in [0.29, 0.717) is 12.5 Å². The van der Waals surface area contributed by atoms with E-state index in [1.54, 1.807) is 5.56 Å². The van der Waals surface area contributed by atoms with E-state index < -0.39 is 0 Å². The molecule has 0 spiro atoms. The Balaban J connectivity index is 2.05. The fourth-order valence-corrected chi connectivity index (χ4v) is 4.25. The van der Waals surface area contributed by atoms with Crippen molar-refractivity contribution in [1.29, 1.82) is 0 Å². The number of nitrogens with zero attached hydrogens (tertiary/aromatic N) is 2. The third-order valence-electron chi connectivity index (χ3n) is 5.34. The number of benzene rings is 1. The van der Waals surface area contributed by atoms with Crippen molar-refractivity contribution in [2.24, 2.45) is 12.8 Å². The second-order valence-corrected chi connectivity index (χ2v) is 6.44. The summed E-state index contributed by atoms with van der Waals surface area (Å²) in [6.07, 6.45) is 2.64. The predicted octanol–water partition coefficient (Wildman–Crippen LogP) is 2.94. The van der Waals surface area contributed by atoms with Crippen molar-refractivity contribution < 1.29 is 0 Å². The molecule has 1 aromatic carbocycles. The lowest BCUT2D eigenvalue weighted by Gasteiger charge is -2.41. The quantitative estimate of drug-likeness (QED) is 0.909. The monoisotopic (exact) mass is 269 g/mol. The van der Waals surface area contributed by atoms with Crippen molar-refractivity contribution in [2.45, 2.75) is 31.6 Å². The van der Waals surface area contributed by atoms with Crippen LogP contribution in [0.2, 0.25) is 0 Å². The number of rotatable bonds is 2. The Morgan fingerprint density at radius 1 is 1.30 bits per heavy atom. The maximum absolute atomic E-state index is 5.91. The van der Waals surface area contributed by atoms with Crippen LogP contribution in [-0.2, 0) is 7.05 Å². The smallest absolute Gasteiger partial charge is 0.112 e. The molecule has 1 aromatic heterocycles. The summed E-state index contributed by atoms with van der Waals surface area (Å²) in [7, 11) is 2.23. The van der Waals surface area contributed by atoms with Gasteiger partial charge < -0.3 is 15.2 Å². The van der Waals surface area contributed by atoms with Gasteiger partial charge in [0.1, 0.15) is 5.82 Å². The van der Waals surface area contributed by atoms with Gasteiger partial charge in [0.2, 0.25) is 0 Å². The molecule has 4 heterocycles. The summed E-state index contributed by atoms with van der Waals surface area (Å²) >= 11 is 0. The minimum Gasteiger partial charge on any atom is -0.358 e. The van der Waals surface area contributed by atoms with Crippen molar-refractivity contribution in [1.82, 2.24) is 4.57 Å². The van der Waals surface area contributed by atoms with Gasteiger partial charge in [-0.05, 0) is 36.8 Å². The summed E-state index contributed by atoms with van der Waals surface area (Å²) in [5.74, 6) is 2.66. The van der Waals surface area contributed by atoms with Crippen LogP contribution in [0.5, 0.6) is 0 Å². The zero-order chi connectivity index (χ0) is 13.9.